The average molecular weight is 278 g/mol. The van der Waals surface area contributed by atoms with Gasteiger partial charge in [0.15, 0.2) is 0 Å². The third kappa shape index (κ3) is 5.14. The summed E-state index contributed by atoms with van der Waals surface area (Å²) >= 11 is 0. The highest BCUT2D eigenvalue weighted by molar-refractivity contribution is 5.30. The Labute approximate surface area is 124 Å². The summed E-state index contributed by atoms with van der Waals surface area (Å²) in [5, 5.41) is 3.25. The maximum atomic E-state index is 5.90. The minimum atomic E-state index is 0.348. The summed E-state index contributed by atoms with van der Waals surface area (Å²) in [6.07, 6.45) is 0. The molecular weight excluding hydrogens is 248 g/mol. The maximum absolute atomic E-state index is 5.90. The van der Waals surface area contributed by atoms with E-state index in [4.69, 9.17) is 4.74 Å². The van der Waals surface area contributed by atoms with E-state index in [1.807, 2.05) is 13.1 Å². The van der Waals surface area contributed by atoms with Gasteiger partial charge >= 0.3 is 0 Å². The molecule has 0 bridgehead atoms. The smallest absolute Gasteiger partial charge is 0.119 e. The number of ether oxygens (including phenoxy) is 1. The van der Waals surface area contributed by atoms with Gasteiger partial charge in [-0.3, -0.25) is 4.90 Å². The minimum absolute atomic E-state index is 0.348. The van der Waals surface area contributed by atoms with Crippen molar-refractivity contribution in [3.05, 3.63) is 29.8 Å². The molecule has 0 fully saturated rings. The normalized spacial score (nSPS) is 13.2. The number of nitrogens with zero attached hydrogens (tertiary/aromatic N) is 1. The molecule has 3 nitrogen and oxygen atoms in total. The number of benzene rings is 1. The molecule has 1 atom stereocenters. The molecule has 0 aliphatic carbocycles. The molecule has 3 heteroatoms. The van der Waals surface area contributed by atoms with E-state index in [-0.39, 0.29) is 0 Å². The molecule has 1 rings (SSSR count). The molecule has 0 saturated carbocycles. The van der Waals surface area contributed by atoms with Crippen molar-refractivity contribution in [1.29, 1.82) is 0 Å². The largest absolute Gasteiger partial charge is 0.492 e. The summed E-state index contributed by atoms with van der Waals surface area (Å²) in [7, 11) is 1.97. The van der Waals surface area contributed by atoms with E-state index in [1.165, 1.54) is 5.56 Å². The average Bonchev–Trinajstić information content (AvgIpc) is 2.42. The van der Waals surface area contributed by atoms with Crippen molar-refractivity contribution >= 4 is 0 Å². The zero-order valence-corrected chi connectivity index (χ0v) is 13.8. The van der Waals surface area contributed by atoms with Crippen LogP contribution in [0.15, 0.2) is 24.3 Å². The first-order valence-corrected chi connectivity index (χ1v) is 7.61. The van der Waals surface area contributed by atoms with Crippen LogP contribution in [0.5, 0.6) is 5.75 Å². The first-order valence-electron chi connectivity index (χ1n) is 7.61. The van der Waals surface area contributed by atoms with Gasteiger partial charge in [-0.05, 0) is 59.4 Å². The third-order valence-electron chi connectivity index (χ3n) is 3.74. The highest BCUT2D eigenvalue weighted by Crippen LogP contribution is 2.18. The van der Waals surface area contributed by atoms with Crippen LogP contribution in [-0.2, 0) is 0 Å². The maximum Gasteiger partial charge on any atom is 0.119 e. The Morgan fingerprint density at radius 2 is 1.75 bits per heavy atom. The lowest BCUT2D eigenvalue weighted by molar-refractivity contribution is 0.142. The van der Waals surface area contributed by atoms with Crippen molar-refractivity contribution in [2.24, 2.45) is 0 Å². The summed E-state index contributed by atoms with van der Waals surface area (Å²) in [4.78, 5) is 2.44. The van der Waals surface area contributed by atoms with E-state index in [9.17, 15) is 0 Å². The molecule has 0 aliphatic rings. The highest BCUT2D eigenvalue weighted by atomic mass is 16.5. The molecule has 0 heterocycles. The Kier molecular flexibility index (Phi) is 7.03. The summed E-state index contributed by atoms with van der Waals surface area (Å²) in [5.74, 6) is 0.956. The van der Waals surface area contributed by atoms with Crippen LogP contribution in [0.3, 0.4) is 0 Å². The lowest BCUT2D eigenvalue weighted by Crippen LogP contribution is -2.39. The van der Waals surface area contributed by atoms with Crippen LogP contribution >= 0.6 is 0 Å². The Morgan fingerprint density at radius 3 is 2.30 bits per heavy atom. The van der Waals surface area contributed by atoms with Crippen molar-refractivity contribution in [2.45, 2.75) is 52.7 Å². The molecule has 0 saturated heterocycles. The van der Waals surface area contributed by atoms with Gasteiger partial charge in [-0.1, -0.05) is 12.1 Å². The summed E-state index contributed by atoms with van der Waals surface area (Å²) in [6, 6.07) is 9.78. The second kappa shape index (κ2) is 8.28. The second-order valence-corrected chi connectivity index (χ2v) is 5.86. The summed E-state index contributed by atoms with van der Waals surface area (Å²) < 4.78 is 5.90. The molecular formula is C17H30N2O. The zero-order chi connectivity index (χ0) is 15.1. The van der Waals surface area contributed by atoms with Crippen LogP contribution in [0.1, 0.15) is 46.2 Å². The number of rotatable bonds is 8. The van der Waals surface area contributed by atoms with Crippen LogP contribution < -0.4 is 10.1 Å². The van der Waals surface area contributed by atoms with E-state index < -0.39 is 0 Å². The van der Waals surface area contributed by atoms with Gasteiger partial charge in [0.05, 0.1) is 0 Å². The highest BCUT2D eigenvalue weighted by Gasteiger charge is 2.13. The number of nitrogens with one attached hydrogen (secondary N) is 1. The number of hydrogen-bond acceptors (Lipinski definition) is 3. The first-order chi connectivity index (χ1) is 9.45. The number of hydrogen-bond donors (Lipinski definition) is 1. The van der Waals surface area contributed by atoms with Gasteiger partial charge in [-0.25, -0.2) is 0 Å². The van der Waals surface area contributed by atoms with Gasteiger partial charge in [0.1, 0.15) is 12.4 Å². The van der Waals surface area contributed by atoms with Crippen molar-refractivity contribution in [3.63, 3.8) is 0 Å². The zero-order valence-electron chi connectivity index (χ0n) is 13.8. The predicted molar refractivity (Wildman–Crippen MR) is 86.4 cm³/mol. The van der Waals surface area contributed by atoms with Crippen LogP contribution in [-0.4, -0.2) is 37.2 Å². The molecule has 0 aliphatic heterocycles. The van der Waals surface area contributed by atoms with Crippen molar-refractivity contribution in [2.75, 3.05) is 20.2 Å². The monoisotopic (exact) mass is 278 g/mol. The molecule has 0 aromatic heterocycles. The molecule has 0 amide bonds. The van der Waals surface area contributed by atoms with Crippen molar-refractivity contribution in [3.8, 4) is 5.75 Å². The summed E-state index contributed by atoms with van der Waals surface area (Å²) in [5.41, 5.74) is 1.26. The second-order valence-electron chi connectivity index (χ2n) is 5.86. The Bertz CT molecular complexity index is 382. The molecule has 1 aromatic rings. The van der Waals surface area contributed by atoms with Gasteiger partial charge in [0, 0.05) is 24.7 Å². The van der Waals surface area contributed by atoms with E-state index in [2.05, 4.69) is 63.0 Å². The van der Waals surface area contributed by atoms with Crippen LogP contribution in [0.25, 0.3) is 0 Å². The van der Waals surface area contributed by atoms with E-state index in [1.54, 1.807) is 0 Å². The fourth-order valence-electron chi connectivity index (χ4n) is 2.42. The minimum Gasteiger partial charge on any atom is -0.492 e. The topological polar surface area (TPSA) is 24.5 Å². The van der Waals surface area contributed by atoms with Gasteiger partial charge in [0.25, 0.3) is 0 Å². The molecule has 0 spiro atoms. The molecule has 20 heavy (non-hydrogen) atoms. The fourth-order valence-corrected chi connectivity index (χ4v) is 2.42. The van der Waals surface area contributed by atoms with E-state index in [0.29, 0.717) is 18.1 Å². The molecule has 1 N–H and O–H groups in total. The van der Waals surface area contributed by atoms with Gasteiger partial charge < -0.3 is 10.1 Å². The molecule has 0 radical (unpaired) electrons. The summed E-state index contributed by atoms with van der Waals surface area (Å²) in [6.45, 7) is 12.8. The predicted octanol–water partition coefficient (Wildman–Crippen LogP) is 3.46. The lowest BCUT2D eigenvalue weighted by Gasteiger charge is -2.30. The van der Waals surface area contributed by atoms with Crippen molar-refractivity contribution < 1.29 is 4.74 Å². The Balaban J connectivity index is 2.53. The van der Waals surface area contributed by atoms with Crippen molar-refractivity contribution in [1.82, 2.24) is 10.2 Å². The molecule has 114 valence electrons. The molecule has 1 unspecified atom stereocenters. The SMILES string of the molecule is CNC(C)c1cccc(OCCN(C(C)C)C(C)C)c1. The van der Waals surface area contributed by atoms with Gasteiger partial charge in [-0.2, -0.15) is 0 Å². The van der Waals surface area contributed by atoms with Crippen LogP contribution in [0.2, 0.25) is 0 Å². The van der Waals surface area contributed by atoms with E-state index in [0.717, 1.165) is 18.9 Å². The molecule has 1 aromatic carbocycles. The van der Waals surface area contributed by atoms with Gasteiger partial charge in [-0.15, -0.1) is 0 Å². The third-order valence-corrected chi connectivity index (χ3v) is 3.74. The van der Waals surface area contributed by atoms with Crippen LogP contribution in [0.4, 0.5) is 0 Å². The van der Waals surface area contributed by atoms with Crippen LogP contribution in [0, 0.1) is 0 Å². The fraction of sp³-hybridized carbons (Fsp3) is 0.647. The van der Waals surface area contributed by atoms with E-state index >= 15 is 0 Å². The Hall–Kier alpha value is -1.06. The lowest BCUT2D eigenvalue weighted by atomic mass is 10.1. The van der Waals surface area contributed by atoms with Gasteiger partial charge in [0.2, 0.25) is 0 Å². The Morgan fingerprint density at radius 1 is 1.10 bits per heavy atom. The standard InChI is InChI=1S/C17H30N2O/c1-13(2)19(14(3)4)10-11-20-17-9-7-8-16(12-17)15(5)18-6/h7-9,12-15,18H,10-11H2,1-6H3. The first kappa shape index (κ1) is 17.0. The quantitative estimate of drug-likeness (QED) is 0.788.